The number of likely N-dealkylation sites (N-methyl/N-ethyl adjacent to an activating group) is 1. The summed E-state index contributed by atoms with van der Waals surface area (Å²) in [6.45, 7) is 2.89. The number of nitrogens with two attached hydrogens (primary N) is 1. The first-order chi connectivity index (χ1) is 6.63. The molecule has 1 heterocycles. The van der Waals surface area contributed by atoms with Gasteiger partial charge < -0.3 is 4.90 Å². The molecule has 0 saturated carbocycles. The number of nitrogens with zero attached hydrogens (tertiary/aromatic N) is 2. The Hall–Kier alpha value is -0.970. The molecule has 0 radical (unpaired) electrons. The third-order valence-electron chi connectivity index (χ3n) is 2.05. The van der Waals surface area contributed by atoms with Crippen LogP contribution in [0.15, 0.2) is 18.5 Å². The van der Waals surface area contributed by atoms with Crippen molar-refractivity contribution in [3.05, 3.63) is 29.6 Å². The average Bonchev–Trinajstić information content (AvgIpc) is 2.14. The molecule has 1 aromatic rings. The molecule has 1 rings (SSSR count). The quantitative estimate of drug-likeness (QED) is 0.540. The van der Waals surface area contributed by atoms with Crippen LogP contribution in [0.4, 0.5) is 0 Å². The molecule has 78 valence electrons. The fraction of sp³-hybridized carbons (Fsp3) is 0.500. The van der Waals surface area contributed by atoms with E-state index in [4.69, 9.17) is 5.84 Å². The first-order valence-corrected chi connectivity index (χ1v) is 4.66. The highest BCUT2D eigenvalue weighted by Crippen LogP contribution is 2.12. The summed E-state index contributed by atoms with van der Waals surface area (Å²) >= 11 is 0. The van der Waals surface area contributed by atoms with E-state index in [2.05, 4.69) is 21.4 Å². The number of aryl methyl sites for hydroxylation is 1. The van der Waals surface area contributed by atoms with E-state index in [1.807, 2.05) is 33.4 Å². The van der Waals surface area contributed by atoms with Crippen LogP contribution in [0.5, 0.6) is 0 Å². The van der Waals surface area contributed by atoms with Crippen molar-refractivity contribution >= 4 is 0 Å². The molecule has 0 fully saturated rings. The maximum absolute atomic E-state index is 5.50. The Morgan fingerprint density at radius 2 is 2.21 bits per heavy atom. The third-order valence-corrected chi connectivity index (χ3v) is 2.05. The van der Waals surface area contributed by atoms with Gasteiger partial charge in [-0.05, 0) is 32.1 Å². The van der Waals surface area contributed by atoms with Crippen LogP contribution < -0.4 is 11.3 Å². The lowest BCUT2D eigenvalue weighted by atomic mass is 10.1. The fourth-order valence-electron chi connectivity index (χ4n) is 1.39. The van der Waals surface area contributed by atoms with Gasteiger partial charge in [0.2, 0.25) is 0 Å². The number of pyridine rings is 1. The molecule has 0 aliphatic rings. The van der Waals surface area contributed by atoms with Crippen molar-refractivity contribution in [2.45, 2.75) is 13.0 Å². The lowest BCUT2D eigenvalue weighted by Gasteiger charge is -2.20. The molecule has 4 nitrogen and oxygen atoms in total. The van der Waals surface area contributed by atoms with Gasteiger partial charge >= 0.3 is 0 Å². The first kappa shape index (κ1) is 11.1. The van der Waals surface area contributed by atoms with E-state index in [0.29, 0.717) is 0 Å². The van der Waals surface area contributed by atoms with Gasteiger partial charge in [0.1, 0.15) is 0 Å². The van der Waals surface area contributed by atoms with Crippen LogP contribution in [0.1, 0.15) is 17.2 Å². The molecular weight excluding hydrogens is 176 g/mol. The van der Waals surface area contributed by atoms with E-state index in [1.165, 1.54) is 0 Å². The number of rotatable bonds is 4. The standard InChI is InChI=1S/C10H18N4/c1-8-4-9(6-12-5-8)10(13-11)7-14(2)3/h4-6,10,13H,7,11H2,1-3H3. The molecule has 1 aromatic heterocycles. The molecule has 4 heteroatoms. The van der Waals surface area contributed by atoms with Gasteiger partial charge in [-0.25, -0.2) is 0 Å². The van der Waals surface area contributed by atoms with Crippen molar-refractivity contribution in [2.75, 3.05) is 20.6 Å². The minimum Gasteiger partial charge on any atom is -0.307 e. The van der Waals surface area contributed by atoms with Crippen LogP contribution in [0.2, 0.25) is 0 Å². The van der Waals surface area contributed by atoms with Crippen LogP contribution in [0.3, 0.4) is 0 Å². The SMILES string of the molecule is Cc1cncc(C(CN(C)C)NN)c1. The molecule has 0 amide bonds. The van der Waals surface area contributed by atoms with Crippen LogP contribution >= 0.6 is 0 Å². The van der Waals surface area contributed by atoms with Gasteiger partial charge in [0.05, 0.1) is 6.04 Å². The second-order valence-corrected chi connectivity index (χ2v) is 3.78. The van der Waals surface area contributed by atoms with Gasteiger partial charge in [-0.15, -0.1) is 0 Å². The van der Waals surface area contributed by atoms with Crippen LogP contribution in [-0.4, -0.2) is 30.5 Å². The Balaban J connectivity index is 2.78. The van der Waals surface area contributed by atoms with E-state index < -0.39 is 0 Å². The van der Waals surface area contributed by atoms with E-state index in [1.54, 1.807) is 0 Å². The molecule has 0 bridgehead atoms. The van der Waals surface area contributed by atoms with E-state index in [-0.39, 0.29) is 6.04 Å². The van der Waals surface area contributed by atoms with Gasteiger partial charge in [-0.1, -0.05) is 6.07 Å². The zero-order valence-electron chi connectivity index (χ0n) is 8.99. The van der Waals surface area contributed by atoms with Crippen molar-refractivity contribution in [3.8, 4) is 0 Å². The molecule has 0 aliphatic carbocycles. The molecule has 0 saturated heterocycles. The number of hydrogen-bond acceptors (Lipinski definition) is 4. The summed E-state index contributed by atoms with van der Waals surface area (Å²) in [4.78, 5) is 6.24. The van der Waals surface area contributed by atoms with Crippen LogP contribution in [0, 0.1) is 6.92 Å². The lowest BCUT2D eigenvalue weighted by molar-refractivity contribution is 0.344. The predicted molar refractivity (Wildman–Crippen MR) is 57.6 cm³/mol. The van der Waals surface area contributed by atoms with Crippen LogP contribution in [-0.2, 0) is 0 Å². The summed E-state index contributed by atoms with van der Waals surface area (Å²) in [7, 11) is 4.04. The van der Waals surface area contributed by atoms with Crippen molar-refractivity contribution in [2.24, 2.45) is 5.84 Å². The molecule has 0 aromatic carbocycles. The largest absolute Gasteiger partial charge is 0.307 e. The second-order valence-electron chi connectivity index (χ2n) is 3.78. The highest BCUT2D eigenvalue weighted by molar-refractivity contribution is 5.20. The number of aromatic nitrogens is 1. The van der Waals surface area contributed by atoms with Gasteiger partial charge in [0.15, 0.2) is 0 Å². The Kier molecular flexibility index (Phi) is 4.00. The van der Waals surface area contributed by atoms with Crippen molar-refractivity contribution in [3.63, 3.8) is 0 Å². The van der Waals surface area contributed by atoms with Gasteiger partial charge in [0.25, 0.3) is 0 Å². The molecule has 3 N–H and O–H groups in total. The van der Waals surface area contributed by atoms with E-state index in [9.17, 15) is 0 Å². The number of nitrogens with one attached hydrogen (secondary N) is 1. The van der Waals surface area contributed by atoms with Gasteiger partial charge in [-0.2, -0.15) is 0 Å². The Bertz CT molecular complexity index is 285. The molecule has 1 unspecified atom stereocenters. The molecule has 1 atom stereocenters. The van der Waals surface area contributed by atoms with E-state index in [0.717, 1.165) is 17.7 Å². The van der Waals surface area contributed by atoms with Crippen molar-refractivity contribution in [1.29, 1.82) is 0 Å². The zero-order chi connectivity index (χ0) is 10.6. The summed E-state index contributed by atoms with van der Waals surface area (Å²) in [6, 6.07) is 2.23. The van der Waals surface area contributed by atoms with Crippen molar-refractivity contribution in [1.82, 2.24) is 15.3 Å². The topological polar surface area (TPSA) is 54.2 Å². The minimum absolute atomic E-state index is 0.136. The molecule has 14 heavy (non-hydrogen) atoms. The third kappa shape index (κ3) is 3.06. The predicted octanol–water partition coefficient (Wildman–Crippen LogP) is 0.456. The maximum Gasteiger partial charge on any atom is 0.0602 e. The second kappa shape index (κ2) is 5.05. The van der Waals surface area contributed by atoms with E-state index >= 15 is 0 Å². The Morgan fingerprint density at radius 3 is 2.71 bits per heavy atom. The summed E-state index contributed by atoms with van der Waals surface area (Å²) in [5.41, 5.74) is 5.08. The summed E-state index contributed by atoms with van der Waals surface area (Å²) in [6.07, 6.45) is 3.69. The van der Waals surface area contributed by atoms with Gasteiger partial charge in [-0.3, -0.25) is 16.3 Å². The lowest BCUT2D eigenvalue weighted by Crippen LogP contribution is -2.35. The monoisotopic (exact) mass is 194 g/mol. The number of hydrogen-bond donors (Lipinski definition) is 2. The molecule has 0 aliphatic heterocycles. The highest BCUT2D eigenvalue weighted by atomic mass is 15.3. The minimum atomic E-state index is 0.136. The first-order valence-electron chi connectivity index (χ1n) is 4.66. The molecule has 0 spiro atoms. The summed E-state index contributed by atoms with van der Waals surface area (Å²) in [5, 5.41) is 0. The highest BCUT2D eigenvalue weighted by Gasteiger charge is 2.10. The number of hydrazine groups is 1. The maximum atomic E-state index is 5.50. The van der Waals surface area contributed by atoms with Crippen LogP contribution in [0.25, 0.3) is 0 Å². The smallest absolute Gasteiger partial charge is 0.0602 e. The normalized spacial score (nSPS) is 13.2. The van der Waals surface area contributed by atoms with Gasteiger partial charge in [0, 0.05) is 18.9 Å². The molecular formula is C10H18N4. The average molecular weight is 194 g/mol. The summed E-state index contributed by atoms with van der Waals surface area (Å²) in [5.74, 6) is 5.50. The zero-order valence-corrected chi connectivity index (χ0v) is 8.99. The Morgan fingerprint density at radius 1 is 1.50 bits per heavy atom. The summed E-state index contributed by atoms with van der Waals surface area (Å²) < 4.78 is 0. The fourth-order valence-corrected chi connectivity index (χ4v) is 1.39. The Labute approximate surface area is 85.1 Å². The van der Waals surface area contributed by atoms with Crippen molar-refractivity contribution < 1.29 is 0 Å².